The van der Waals surface area contributed by atoms with Crippen molar-refractivity contribution in [2.75, 3.05) is 5.73 Å². The average molecular weight is 303 g/mol. The van der Waals surface area contributed by atoms with Gasteiger partial charge in [-0.15, -0.1) is 11.3 Å². The molecule has 0 atom stereocenters. The molecule has 0 bridgehead atoms. The van der Waals surface area contributed by atoms with E-state index in [9.17, 15) is 4.39 Å². The van der Waals surface area contributed by atoms with Crippen LogP contribution in [-0.4, -0.2) is 10.1 Å². The van der Waals surface area contributed by atoms with Crippen LogP contribution in [0.3, 0.4) is 0 Å². The molecule has 2 heterocycles. The first-order valence-electron chi connectivity index (χ1n) is 6.42. The summed E-state index contributed by atoms with van der Waals surface area (Å²) >= 11 is 1.45. The topological polar surface area (TPSA) is 64.9 Å². The highest BCUT2D eigenvalue weighted by molar-refractivity contribution is 7.14. The number of nitrogens with zero attached hydrogens (tertiary/aromatic N) is 2. The second-order valence-electron chi connectivity index (χ2n) is 5.26. The molecule has 3 rings (SSSR count). The molecule has 0 radical (unpaired) electrons. The van der Waals surface area contributed by atoms with Crippen molar-refractivity contribution in [2.45, 2.75) is 19.3 Å². The number of thiophene rings is 1. The fraction of sp³-hybridized carbons (Fsp3) is 0.200. The molecule has 3 aromatic rings. The van der Waals surface area contributed by atoms with Gasteiger partial charge in [0.25, 0.3) is 5.89 Å². The molecule has 0 spiro atoms. The van der Waals surface area contributed by atoms with Crippen molar-refractivity contribution in [1.29, 1.82) is 0 Å². The monoisotopic (exact) mass is 303 g/mol. The SMILES string of the molecule is CC(C)(c1ccc(F)cc1)c1noc(-c2sccc2N)n1. The Kier molecular flexibility index (Phi) is 3.25. The van der Waals surface area contributed by atoms with E-state index in [0.717, 1.165) is 10.4 Å². The molecule has 0 aliphatic rings. The maximum absolute atomic E-state index is 13.0. The van der Waals surface area contributed by atoms with Gasteiger partial charge < -0.3 is 10.3 Å². The molecule has 0 saturated carbocycles. The maximum atomic E-state index is 13.0. The van der Waals surface area contributed by atoms with E-state index >= 15 is 0 Å². The lowest BCUT2D eigenvalue weighted by Crippen LogP contribution is -2.20. The second-order valence-corrected chi connectivity index (χ2v) is 6.18. The summed E-state index contributed by atoms with van der Waals surface area (Å²) in [5, 5.41) is 5.93. The summed E-state index contributed by atoms with van der Waals surface area (Å²) in [5.41, 5.74) is 6.91. The fourth-order valence-corrected chi connectivity index (χ4v) is 2.80. The van der Waals surface area contributed by atoms with Crippen LogP contribution in [0.2, 0.25) is 0 Å². The van der Waals surface area contributed by atoms with E-state index in [1.54, 1.807) is 18.2 Å². The summed E-state index contributed by atoms with van der Waals surface area (Å²) in [5.74, 6) is 0.680. The molecule has 0 aliphatic carbocycles. The molecule has 0 fully saturated rings. The van der Waals surface area contributed by atoms with Gasteiger partial charge in [0.1, 0.15) is 10.7 Å². The second kappa shape index (κ2) is 4.96. The number of rotatable bonds is 3. The largest absolute Gasteiger partial charge is 0.397 e. The molecule has 21 heavy (non-hydrogen) atoms. The van der Waals surface area contributed by atoms with Gasteiger partial charge in [0.15, 0.2) is 5.82 Å². The van der Waals surface area contributed by atoms with Crippen LogP contribution in [-0.2, 0) is 5.41 Å². The smallest absolute Gasteiger partial charge is 0.270 e. The van der Waals surface area contributed by atoms with Gasteiger partial charge in [0.2, 0.25) is 0 Å². The third-order valence-electron chi connectivity index (χ3n) is 3.44. The summed E-state index contributed by atoms with van der Waals surface area (Å²) in [6.07, 6.45) is 0. The minimum Gasteiger partial charge on any atom is -0.397 e. The molecule has 4 nitrogen and oxygen atoms in total. The van der Waals surface area contributed by atoms with Gasteiger partial charge in [0.05, 0.1) is 11.1 Å². The van der Waals surface area contributed by atoms with E-state index in [1.165, 1.54) is 23.5 Å². The number of benzene rings is 1. The van der Waals surface area contributed by atoms with Crippen LogP contribution in [0.1, 0.15) is 25.2 Å². The van der Waals surface area contributed by atoms with Crippen molar-refractivity contribution >= 4 is 17.0 Å². The summed E-state index contributed by atoms with van der Waals surface area (Å²) in [6.45, 7) is 3.93. The van der Waals surface area contributed by atoms with E-state index < -0.39 is 5.41 Å². The standard InChI is InChI=1S/C15H14FN3OS/c1-15(2,9-3-5-10(16)6-4-9)14-18-13(20-19-14)12-11(17)7-8-21-12/h3-8H,17H2,1-2H3. The first kappa shape index (κ1) is 13.8. The Labute approximate surface area is 125 Å². The fourth-order valence-electron chi connectivity index (χ4n) is 2.06. The lowest BCUT2D eigenvalue weighted by Gasteiger charge is -2.20. The van der Waals surface area contributed by atoms with Crippen LogP contribution in [0.15, 0.2) is 40.2 Å². The molecule has 2 aromatic heterocycles. The van der Waals surface area contributed by atoms with Gasteiger partial charge in [-0.25, -0.2) is 4.39 Å². The minimum atomic E-state index is -0.485. The predicted octanol–water partition coefficient (Wildman–Crippen LogP) is 3.85. The molecule has 6 heteroatoms. The summed E-state index contributed by atoms with van der Waals surface area (Å²) in [7, 11) is 0. The lowest BCUT2D eigenvalue weighted by atomic mass is 9.84. The van der Waals surface area contributed by atoms with Gasteiger partial charge in [0, 0.05) is 0 Å². The zero-order chi connectivity index (χ0) is 15.0. The Morgan fingerprint density at radius 3 is 2.52 bits per heavy atom. The minimum absolute atomic E-state index is 0.269. The van der Waals surface area contributed by atoms with Crippen molar-refractivity contribution in [1.82, 2.24) is 10.1 Å². The van der Waals surface area contributed by atoms with Crippen molar-refractivity contribution in [2.24, 2.45) is 0 Å². The van der Waals surface area contributed by atoms with Crippen LogP contribution >= 0.6 is 11.3 Å². The van der Waals surface area contributed by atoms with E-state index in [0.29, 0.717) is 17.4 Å². The highest BCUT2D eigenvalue weighted by Crippen LogP contribution is 2.34. The summed E-state index contributed by atoms with van der Waals surface area (Å²) in [4.78, 5) is 5.21. The lowest BCUT2D eigenvalue weighted by molar-refractivity contribution is 0.409. The normalized spacial score (nSPS) is 11.8. The number of anilines is 1. The Balaban J connectivity index is 1.98. The van der Waals surface area contributed by atoms with Crippen LogP contribution in [0, 0.1) is 5.82 Å². The van der Waals surface area contributed by atoms with Gasteiger partial charge in [-0.1, -0.05) is 17.3 Å². The van der Waals surface area contributed by atoms with Crippen molar-refractivity contribution in [3.63, 3.8) is 0 Å². The van der Waals surface area contributed by atoms with Gasteiger partial charge in [-0.05, 0) is 43.0 Å². The van der Waals surface area contributed by atoms with Crippen LogP contribution < -0.4 is 5.73 Å². The van der Waals surface area contributed by atoms with Crippen molar-refractivity contribution < 1.29 is 8.91 Å². The number of nitrogens with two attached hydrogens (primary N) is 1. The number of halogens is 1. The molecule has 0 saturated heterocycles. The molecule has 2 N–H and O–H groups in total. The predicted molar refractivity (Wildman–Crippen MR) is 80.6 cm³/mol. The van der Waals surface area contributed by atoms with E-state index in [4.69, 9.17) is 10.3 Å². The molecule has 0 aliphatic heterocycles. The van der Waals surface area contributed by atoms with Crippen molar-refractivity contribution in [3.8, 4) is 10.8 Å². The Hall–Kier alpha value is -2.21. The highest BCUT2D eigenvalue weighted by atomic mass is 32.1. The first-order chi connectivity index (χ1) is 9.98. The van der Waals surface area contributed by atoms with E-state index in [2.05, 4.69) is 10.1 Å². The number of nitrogen functional groups attached to an aromatic ring is 1. The molecule has 108 valence electrons. The van der Waals surface area contributed by atoms with Crippen LogP contribution in [0.5, 0.6) is 0 Å². The number of hydrogen-bond donors (Lipinski definition) is 1. The molecular formula is C15H14FN3OS. The Bertz CT molecular complexity index is 761. The molecule has 0 amide bonds. The van der Waals surface area contributed by atoms with Crippen LogP contribution in [0.25, 0.3) is 10.8 Å². The van der Waals surface area contributed by atoms with Gasteiger partial charge >= 0.3 is 0 Å². The summed E-state index contributed by atoms with van der Waals surface area (Å²) in [6, 6.07) is 8.11. The first-order valence-corrected chi connectivity index (χ1v) is 7.30. The Morgan fingerprint density at radius 2 is 1.90 bits per heavy atom. The summed E-state index contributed by atoms with van der Waals surface area (Å²) < 4.78 is 18.4. The number of aromatic nitrogens is 2. The highest BCUT2D eigenvalue weighted by Gasteiger charge is 2.29. The van der Waals surface area contributed by atoms with Crippen LogP contribution in [0.4, 0.5) is 10.1 Å². The maximum Gasteiger partial charge on any atom is 0.270 e. The quantitative estimate of drug-likeness (QED) is 0.798. The average Bonchev–Trinajstić information content (AvgIpc) is 3.07. The van der Waals surface area contributed by atoms with E-state index in [-0.39, 0.29) is 5.82 Å². The van der Waals surface area contributed by atoms with Crippen molar-refractivity contribution in [3.05, 3.63) is 52.9 Å². The molecular weight excluding hydrogens is 289 g/mol. The van der Waals surface area contributed by atoms with E-state index in [1.807, 2.05) is 19.2 Å². The van der Waals surface area contributed by atoms with Gasteiger partial charge in [-0.3, -0.25) is 0 Å². The third kappa shape index (κ3) is 2.42. The number of hydrogen-bond acceptors (Lipinski definition) is 5. The molecule has 0 unspecified atom stereocenters. The third-order valence-corrected chi connectivity index (χ3v) is 4.36. The van der Waals surface area contributed by atoms with Gasteiger partial charge in [-0.2, -0.15) is 4.98 Å². The zero-order valence-corrected chi connectivity index (χ0v) is 12.4. The molecule has 1 aromatic carbocycles. The zero-order valence-electron chi connectivity index (χ0n) is 11.6. The Morgan fingerprint density at radius 1 is 1.19 bits per heavy atom.